The third-order valence-corrected chi connectivity index (χ3v) is 2.46. The van der Waals surface area contributed by atoms with Crippen LogP contribution in [0.5, 0.6) is 0 Å². The molecule has 0 aromatic heterocycles. The molecule has 0 aliphatic heterocycles. The van der Waals surface area contributed by atoms with Crippen molar-refractivity contribution in [3.8, 4) is 6.07 Å². The van der Waals surface area contributed by atoms with Crippen molar-refractivity contribution in [2.45, 2.75) is 18.9 Å². The summed E-state index contributed by atoms with van der Waals surface area (Å²) in [7, 11) is 0. The molecule has 0 heterocycles. The van der Waals surface area contributed by atoms with E-state index >= 15 is 0 Å². The lowest BCUT2D eigenvalue weighted by Gasteiger charge is -2.01. The van der Waals surface area contributed by atoms with Crippen molar-refractivity contribution >= 4 is 12.0 Å². The highest BCUT2D eigenvalue weighted by atomic mass is 19.1. The molecular weight excluding hydrogens is 219 g/mol. The Morgan fingerprint density at radius 2 is 2.06 bits per heavy atom. The fourth-order valence-electron chi connectivity index (χ4n) is 1.37. The molecule has 4 heteroatoms. The average molecular weight is 230 g/mol. The van der Waals surface area contributed by atoms with Crippen LogP contribution in [0.2, 0.25) is 0 Å². The Kier molecular flexibility index (Phi) is 3.20. The fourth-order valence-corrected chi connectivity index (χ4v) is 1.37. The van der Waals surface area contributed by atoms with Crippen molar-refractivity contribution in [2.24, 2.45) is 0 Å². The molecular formula is C13H11FN2O. The summed E-state index contributed by atoms with van der Waals surface area (Å²) in [4.78, 5) is 11.6. The summed E-state index contributed by atoms with van der Waals surface area (Å²) in [6.07, 6.45) is 3.40. The minimum atomic E-state index is -0.362. The molecule has 0 bridgehead atoms. The summed E-state index contributed by atoms with van der Waals surface area (Å²) in [5.74, 6) is -0.706. The first-order valence-corrected chi connectivity index (χ1v) is 5.37. The number of halogens is 1. The second kappa shape index (κ2) is 4.79. The van der Waals surface area contributed by atoms with E-state index in [1.54, 1.807) is 0 Å². The van der Waals surface area contributed by atoms with Gasteiger partial charge >= 0.3 is 0 Å². The highest BCUT2D eigenvalue weighted by Crippen LogP contribution is 2.19. The average Bonchev–Trinajstić information content (AvgIpc) is 3.12. The Bertz CT molecular complexity index is 495. The summed E-state index contributed by atoms with van der Waals surface area (Å²) >= 11 is 0. The zero-order valence-corrected chi connectivity index (χ0v) is 9.11. The number of amides is 1. The SMILES string of the molecule is N#C/C(=C\c1ccc(F)cc1)C(=O)NC1CC1. The van der Waals surface area contributed by atoms with Crippen LogP contribution >= 0.6 is 0 Å². The normalized spacial score (nSPS) is 15.2. The number of rotatable bonds is 3. The van der Waals surface area contributed by atoms with Gasteiger partial charge in [0, 0.05) is 6.04 Å². The first kappa shape index (κ1) is 11.3. The first-order valence-electron chi connectivity index (χ1n) is 5.37. The van der Waals surface area contributed by atoms with Gasteiger partial charge in [0.05, 0.1) is 0 Å². The lowest BCUT2D eigenvalue weighted by molar-refractivity contribution is -0.117. The van der Waals surface area contributed by atoms with Crippen LogP contribution in [0.15, 0.2) is 29.8 Å². The lowest BCUT2D eigenvalue weighted by Crippen LogP contribution is -2.26. The molecule has 1 fully saturated rings. The van der Waals surface area contributed by atoms with Crippen LogP contribution in [0.25, 0.3) is 6.08 Å². The van der Waals surface area contributed by atoms with E-state index in [1.165, 1.54) is 30.3 Å². The molecule has 86 valence electrons. The molecule has 1 N–H and O–H groups in total. The van der Waals surface area contributed by atoms with E-state index in [9.17, 15) is 9.18 Å². The summed E-state index contributed by atoms with van der Waals surface area (Å²) < 4.78 is 12.7. The number of nitriles is 1. The maximum atomic E-state index is 12.7. The largest absolute Gasteiger partial charge is 0.349 e. The predicted octanol–water partition coefficient (Wildman–Crippen LogP) is 2.01. The Hall–Kier alpha value is -2.15. The molecule has 1 saturated carbocycles. The van der Waals surface area contributed by atoms with Crippen LogP contribution in [0.4, 0.5) is 4.39 Å². The van der Waals surface area contributed by atoms with Gasteiger partial charge in [0.2, 0.25) is 0 Å². The van der Waals surface area contributed by atoms with Gasteiger partial charge in [-0.2, -0.15) is 5.26 Å². The van der Waals surface area contributed by atoms with Crippen LogP contribution in [0, 0.1) is 17.1 Å². The van der Waals surface area contributed by atoms with Crippen LogP contribution < -0.4 is 5.32 Å². The highest BCUT2D eigenvalue weighted by molar-refractivity contribution is 6.01. The Morgan fingerprint density at radius 3 is 2.59 bits per heavy atom. The van der Waals surface area contributed by atoms with Gasteiger partial charge in [-0.15, -0.1) is 0 Å². The smallest absolute Gasteiger partial charge is 0.262 e. The molecule has 0 saturated heterocycles. The molecule has 0 spiro atoms. The molecule has 0 atom stereocenters. The van der Waals surface area contributed by atoms with Crippen LogP contribution in [0.3, 0.4) is 0 Å². The third kappa shape index (κ3) is 3.15. The van der Waals surface area contributed by atoms with Gasteiger partial charge < -0.3 is 5.32 Å². The summed E-state index contributed by atoms with van der Waals surface area (Å²) in [6, 6.07) is 7.70. The van der Waals surface area contributed by atoms with Crippen molar-refractivity contribution in [3.05, 3.63) is 41.2 Å². The molecule has 1 amide bonds. The van der Waals surface area contributed by atoms with E-state index in [0.29, 0.717) is 5.56 Å². The predicted molar refractivity (Wildman–Crippen MR) is 61.2 cm³/mol. The molecule has 3 nitrogen and oxygen atoms in total. The van der Waals surface area contributed by atoms with E-state index in [1.807, 2.05) is 6.07 Å². The zero-order valence-electron chi connectivity index (χ0n) is 9.11. The maximum Gasteiger partial charge on any atom is 0.262 e. The number of hydrogen-bond acceptors (Lipinski definition) is 2. The Morgan fingerprint density at radius 1 is 1.41 bits per heavy atom. The lowest BCUT2D eigenvalue weighted by atomic mass is 10.1. The van der Waals surface area contributed by atoms with E-state index in [4.69, 9.17) is 5.26 Å². The molecule has 1 aromatic rings. The molecule has 0 radical (unpaired) electrons. The van der Waals surface area contributed by atoms with Gasteiger partial charge in [0.15, 0.2) is 0 Å². The topological polar surface area (TPSA) is 52.9 Å². The van der Waals surface area contributed by atoms with Gasteiger partial charge in [-0.1, -0.05) is 12.1 Å². The summed E-state index contributed by atoms with van der Waals surface area (Å²) in [5, 5.41) is 11.6. The van der Waals surface area contributed by atoms with Crippen LogP contribution in [0.1, 0.15) is 18.4 Å². The molecule has 1 aliphatic rings. The van der Waals surface area contributed by atoms with E-state index < -0.39 is 0 Å². The van der Waals surface area contributed by atoms with Gasteiger partial charge in [-0.05, 0) is 36.6 Å². The van der Waals surface area contributed by atoms with Crippen molar-refractivity contribution in [3.63, 3.8) is 0 Å². The first-order chi connectivity index (χ1) is 8.19. The molecule has 0 unspecified atom stereocenters. The zero-order chi connectivity index (χ0) is 12.3. The Labute approximate surface area is 98.6 Å². The minimum Gasteiger partial charge on any atom is -0.349 e. The van der Waals surface area contributed by atoms with Gasteiger partial charge in [-0.25, -0.2) is 4.39 Å². The van der Waals surface area contributed by atoms with Crippen molar-refractivity contribution in [1.82, 2.24) is 5.32 Å². The van der Waals surface area contributed by atoms with Crippen molar-refractivity contribution in [2.75, 3.05) is 0 Å². The number of nitrogens with zero attached hydrogens (tertiary/aromatic N) is 1. The summed E-state index contributed by atoms with van der Waals surface area (Å²) in [6.45, 7) is 0. The second-order valence-corrected chi connectivity index (χ2v) is 3.97. The molecule has 2 rings (SSSR count). The Balaban J connectivity index is 2.13. The maximum absolute atomic E-state index is 12.7. The quantitative estimate of drug-likeness (QED) is 0.638. The second-order valence-electron chi connectivity index (χ2n) is 3.97. The number of hydrogen-bond donors (Lipinski definition) is 1. The number of benzene rings is 1. The fraction of sp³-hybridized carbons (Fsp3) is 0.231. The number of carbonyl (C=O) groups excluding carboxylic acids is 1. The molecule has 17 heavy (non-hydrogen) atoms. The monoisotopic (exact) mass is 230 g/mol. The van der Waals surface area contributed by atoms with Gasteiger partial charge in [0.25, 0.3) is 5.91 Å². The van der Waals surface area contributed by atoms with E-state index in [0.717, 1.165) is 12.8 Å². The standard InChI is InChI=1S/C13H11FN2O/c14-11-3-1-9(2-4-11)7-10(8-15)13(17)16-12-5-6-12/h1-4,7,12H,5-6H2,(H,16,17)/b10-7+. The number of carbonyl (C=O) groups is 1. The van der Waals surface area contributed by atoms with Crippen molar-refractivity contribution < 1.29 is 9.18 Å². The molecule has 1 aliphatic carbocycles. The minimum absolute atomic E-state index is 0.0449. The van der Waals surface area contributed by atoms with Crippen molar-refractivity contribution in [1.29, 1.82) is 5.26 Å². The third-order valence-electron chi connectivity index (χ3n) is 2.46. The van der Waals surface area contributed by atoms with E-state index in [-0.39, 0.29) is 23.3 Å². The van der Waals surface area contributed by atoms with Gasteiger partial charge in [0.1, 0.15) is 17.5 Å². The highest BCUT2D eigenvalue weighted by Gasteiger charge is 2.24. The van der Waals surface area contributed by atoms with E-state index in [2.05, 4.69) is 5.32 Å². The van der Waals surface area contributed by atoms with Crippen LogP contribution in [-0.2, 0) is 4.79 Å². The summed E-state index contributed by atoms with van der Waals surface area (Å²) in [5.41, 5.74) is 0.678. The number of nitrogens with one attached hydrogen (secondary N) is 1. The molecule has 1 aromatic carbocycles. The van der Waals surface area contributed by atoms with Crippen LogP contribution in [-0.4, -0.2) is 11.9 Å². The van der Waals surface area contributed by atoms with Gasteiger partial charge in [-0.3, -0.25) is 4.79 Å².